The summed E-state index contributed by atoms with van der Waals surface area (Å²) in [5.74, 6) is -0.214. The van der Waals surface area contributed by atoms with E-state index < -0.39 is 0 Å². The molecule has 154 valence electrons. The zero-order valence-corrected chi connectivity index (χ0v) is 16.6. The van der Waals surface area contributed by atoms with Crippen LogP contribution in [-0.2, 0) is 11.3 Å². The van der Waals surface area contributed by atoms with Crippen molar-refractivity contribution in [1.82, 2.24) is 10.2 Å². The Morgan fingerprint density at radius 1 is 1.10 bits per heavy atom. The third-order valence-electron chi connectivity index (χ3n) is 5.68. The lowest BCUT2D eigenvalue weighted by molar-refractivity contribution is 0.0857. The highest BCUT2D eigenvalue weighted by Gasteiger charge is 2.20. The predicted octanol–water partition coefficient (Wildman–Crippen LogP) is 3.06. The van der Waals surface area contributed by atoms with Gasteiger partial charge in [-0.2, -0.15) is 0 Å². The van der Waals surface area contributed by atoms with Crippen molar-refractivity contribution in [2.24, 2.45) is 0 Å². The molecule has 1 unspecified atom stereocenters. The highest BCUT2D eigenvalue weighted by Crippen LogP contribution is 2.21. The number of carbonyl (C=O) groups excluding carboxylic acids is 1. The van der Waals surface area contributed by atoms with Crippen LogP contribution in [0, 0.1) is 5.82 Å². The number of amides is 1. The zero-order valence-electron chi connectivity index (χ0n) is 16.6. The van der Waals surface area contributed by atoms with Crippen molar-refractivity contribution in [2.45, 2.75) is 25.5 Å². The van der Waals surface area contributed by atoms with E-state index in [4.69, 9.17) is 4.74 Å². The number of piperazine rings is 1. The van der Waals surface area contributed by atoms with E-state index in [-0.39, 0.29) is 17.8 Å². The molecule has 0 aromatic heterocycles. The minimum atomic E-state index is -0.164. The molecule has 0 saturated carbocycles. The van der Waals surface area contributed by atoms with E-state index in [0.717, 1.165) is 57.7 Å². The molecule has 0 radical (unpaired) electrons. The minimum Gasteiger partial charge on any atom is -0.376 e. The van der Waals surface area contributed by atoms with Crippen molar-refractivity contribution in [2.75, 3.05) is 44.2 Å². The molecule has 0 aliphatic carbocycles. The van der Waals surface area contributed by atoms with Gasteiger partial charge in [-0.1, -0.05) is 24.3 Å². The molecular formula is C23H28FN3O2. The fraction of sp³-hybridized carbons (Fsp3) is 0.435. The topological polar surface area (TPSA) is 44.8 Å². The quantitative estimate of drug-likeness (QED) is 0.814. The molecule has 5 nitrogen and oxygen atoms in total. The average molecular weight is 397 g/mol. The molecule has 1 amide bonds. The summed E-state index contributed by atoms with van der Waals surface area (Å²) in [4.78, 5) is 16.9. The highest BCUT2D eigenvalue weighted by atomic mass is 19.1. The van der Waals surface area contributed by atoms with Crippen LogP contribution in [-0.4, -0.2) is 56.2 Å². The normalized spacial score (nSPS) is 20.0. The number of nitrogens with zero attached hydrogens (tertiary/aromatic N) is 2. The summed E-state index contributed by atoms with van der Waals surface area (Å²) in [6, 6.07) is 14.8. The fourth-order valence-corrected chi connectivity index (χ4v) is 4.04. The number of carbonyl (C=O) groups is 1. The number of halogens is 1. The fourth-order valence-electron chi connectivity index (χ4n) is 4.04. The number of nitrogens with one attached hydrogen (secondary N) is 1. The number of ether oxygens (including phenoxy) is 1. The van der Waals surface area contributed by atoms with E-state index in [0.29, 0.717) is 17.8 Å². The molecule has 2 aromatic rings. The molecule has 0 bridgehead atoms. The lowest BCUT2D eigenvalue weighted by Crippen LogP contribution is -2.46. The number of para-hydroxylation sites is 1. The van der Waals surface area contributed by atoms with Crippen LogP contribution in [0.5, 0.6) is 0 Å². The SMILES string of the molecule is O=C(NCC1CCCO1)c1cccc(CN2CCN(c3ccccc3F)CC2)c1. The second kappa shape index (κ2) is 9.37. The Labute approximate surface area is 171 Å². The van der Waals surface area contributed by atoms with Gasteiger partial charge in [-0.25, -0.2) is 4.39 Å². The number of benzene rings is 2. The molecular weight excluding hydrogens is 369 g/mol. The van der Waals surface area contributed by atoms with Crippen LogP contribution < -0.4 is 10.2 Å². The zero-order chi connectivity index (χ0) is 20.1. The summed E-state index contributed by atoms with van der Waals surface area (Å²) < 4.78 is 19.6. The second-order valence-electron chi connectivity index (χ2n) is 7.76. The molecule has 2 aliphatic heterocycles. The third kappa shape index (κ3) is 5.14. The van der Waals surface area contributed by atoms with E-state index in [1.54, 1.807) is 6.07 Å². The molecule has 2 aliphatic rings. The third-order valence-corrected chi connectivity index (χ3v) is 5.68. The Kier molecular flexibility index (Phi) is 6.42. The van der Waals surface area contributed by atoms with E-state index in [2.05, 4.69) is 21.2 Å². The van der Waals surface area contributed by atoms with Gasteiger partial charge in [0.15, 0.2) is 0 Å². The Morgan fingerprint density at radius 3 is 2.69 bits per heavy atom. The first-order valence-electron chi connectivity index (χ1n) is 10.4. The van der Waals surface area contributed by atoms with Crippen molar-refractivity contribution in [1.29, 1.82) is 0 Å². The van der Waals surface area contributed by atoms with Gasteiger partial charge >= 0.3 is 0 Å². The van der Waals surface area contributed by atoms with Gasteiger partial charge in [-0.15, -0.1) is 0 Å². The van der Waals surface area contributed by atoms with E-state index >= 15 is 0 Å². The van der Waals surface area contributed by atoms with Crippen molar-refractivity contribution < 1.29 is 13.9 Å². The van der Waals surface area contributed by atoms with Crippen molar-refractivity contribution in [3.05, 3.63) is 65.5 Å². The molecule has 2 heterocycles. The van der Waals surface area contributed by atoms with Gasteiger partial charge in [-0.05, 0) is 42.7 Å². The highest BCUT2D eigenvalue weighted by molar-refractivity contribution is 5.94. The smallest absolute Gasteiger partial charge is 0.251 e. The maximum Gasteiger partial charge on any atom is 0.251 e. The Morgan fingerprint density at radius 2 is 1.93 bits per heavy atom. The molecule has 1 N–H and O–H groups in total. The van der Waals surface area contributed by atoms with E-state index in [1.807, 2.05) is 30.3 Å². The van der Waals surface area contributed by atoms with Crippen LogP contribution >= 0.6 is 0 Å². The molecule has 2 saturated heterocycles. The van der Waals surface area contributed by atoms with Gasteiger partial charge in [-0.3, -0.25) is 9.69 Å². The maximum absolute atomic E-state index is 14.0. The van der Waals surface area contributed by atoms with Crippen LogP contribution in [0.1, 0.15) is 28.8 Å². The number of anilines is 1. The lowest BCUT2D eigenvalue weighted by Gasteiger charge is -2.36. The average Bonchev–Trinajstić information content (AvgIpc) is 3.27. The number of rotatable bonds is 6. The molecule has 2 aromatic carbocycles. The van der Waals surface area contributed by atoms with E-state index in [1.165, 1.54) is 6.07 Å². The molecule has 6 heteroatoms. The lowest BCUT2D eigenvalue weighted by atomic mass is 10.1. The van der Waals surface area contributed by atoms with Gasteiger partial charge in [0.25, 0.3) is 5.91 Å². The summed E-state index contributed by atoms with van der Waals surface area (Å²) in [6.07, 6.45) is 2.23. The minimum absolute atomic E-state index is 0.0493. The first-order chi connectivity index (χ1) is 14.2. The summed E-state index contributed by atoms with van der Waals surface area (Å²) in [6.45, 7) is 5.47. The molecule has 29 heavy (non-hydrogen) atoms. The Balaban J connectivity index is 1.29. The Bertz CT molecular complexity index is 830. The van der Waals surface area contributed by atoms with Gasteiger partial charge in [0.1, 0.15) is 5.82 Å². The monoisotopic (exact) mass is 397 g/mol. The first-order valence-corrected chi connectivity index (χ1v) is 10.4. The van der Waals surface area contributed by atoms with Crippen LogP contribution in [0.25, 0.3) is 0 Å². The number of hydrogen-bond donors (Lipinski definition) is 1. The summed E-state index contributed by atoms with van der Waals surface area (Å²) in [5.41, 5.74) is 2.48. The molecule has 1 atom stereocenters. The predicted molar refractivity (Wildman–Crippen MR) is 112 cm³/mol. The van der Waals surface area contributed by atoms with Gasteiger partial charge in [0, 0.05) is 51.4 Å². The maximum atomic E-state index is 14.0. The van der Waals surface area contributed by atoms with Crippen molar-refractivity contribution in [3.8, 4) is 0 Å². The molecule has 0 spiro atoms. The summed E-state index contributed by atoms with van der Waals surface area (Å²) >= 11 is 0. The molecule has 4 rings (SSSR count). The second-order valence-corrected chi connectivity index (χ2v) is 7.76. The van der Waals surface area contributed by atoms with Crippen molar-refractivity contribution >= 4 is 11.6 Å². The van der Waals surface area contributed by atoms with Gasteiger partial charge < -0.3 is 15.0 Å². The Hall–Kier alpha value is -2.44. The van der Waals surface area contributed by atoms with Crippen LogP contribution in [0.3, 0.4) is 0 Å². The molecule has 2 fully saturated rings. The van der Waals surface area contributed by atoms with Crippen LogP contribution in [0.2, 0.25) is 0 Å². The summed E-state index contributed by atoms with van der Waals surface area (Å²) in [7, 11) is 0. The first kappa shape index (κ1) is 19.9. The van der Waals surface area contributed by atoms with Crippen molar-refractivity contribution in [3.63, 3.8) is 0 Å². The van der Waals surface area contributed by atoms with Crippen LogP contribution in [0.4, 0.5) is 10.1 Å². The van der Waals surface area contributed by atoms with E-state index in [9.17, 15) is 9.18 Å². The number of hydrogen-bond acceptors (Lipinski definition) is 4. The standard InChI is InChI=1S/C23H28FN3O2/c24-21-8-1-2-9-22(21)27-12-10-26(11-13-27)17-18-5-3-6-19(15-18)23(28)25-16-20-7-4-14-29-20/h1-3,5-6,8-9,15,20H,4,7,10-14,16-17H2,(H,25,28). The van der Waals surface area contributed by atoms with Crippen LogP contribution in [0.15, 0.2) is 48.5 Å². The van der Waals surface area contributed by atoms with Gasteiger partial charge in [0.05, 0.1) is 11.8 Å². The summed E-state index contributed by atoms with van der Waals surface area (Å²) in [5, 5.41) is 2.98. The van der Waals surface area contributed by atoms with Gasteiger partial charge in [0.2, 0.25) is 0 Å². The largest absolute Gasteiger partial charge is 0.376 e.